The fourth-order valence-corrected chi connectivity index (χ4v) is 1.94. The highest BCUT2D eigenvalue weighted by Crippen LogP contribution is 2.06. The maximum atomic E-state index is 5.59. The fourth-order valence-electron chi connectivity index (χ4n) is 1.94. The summed E-state index contributed by atoms with van der Waals surface area (Å²) >= 11 is 0. The molecule has 0 aliphatic carbocycles. The second-order valence-electron chi connectivity index (χ2n) is 4.41. The Bertz CT molecular complexity index is 465. The van der Waals surface area contributed by atoms with Gasteiger partial charge in [0, 0.05) is 37.6 Å². The highest BCUT2D eigenvalue weighted by atomic mass is 15.3. The van der Waals surface area contributed by atoms with Gasteiger partial charge >= 0.3 is 0 Å². The third-order valence-electron chi connectivity index (χ3n) is 2.94. The molecule has 96 valence electrons. The van der Waals surface area contributed by atoms with Crippen LogP contribution in [-0.2, 0) is 19.9 Å². The van der Waals surface area contributed by atoms with E-state index in [1.165, 1.54) is 0 Å². The van der Waals surface area contributed by atoms with Crippen LogP contribution < -0.4 is 11.3 Å². The Labute approximate surface area is 107 Å². The molecule has 0 saturated carbocycles. The molecule has 0 amide bonds. The standard InChI is InChI=1S/C13H19N5/c1-18-9-7-13(17-18)10-12(16-14)6-5-11-4-2-3-8-15-11/h2-4,7-9,12,16H,5-6,10,14H2,1H3. The molecule has 0 aromatic carbocycles. The Balaban J connectivity index is 1.86. The van der Waals surface area contributed by atoms with E-state index in [2.05, 4.69) is 15.5 Å². The zero-order valence-electron chi connectivity index (χ0n) is 10.6. The average molecular weight is 245 g/mol. The lowest BCUT2D eigenvalue weighted by molar-refractivity contribution is 0.482. The Morgan fingerprint density at radius 2 is 2.22 bits per heavy atom. The number of nitrogens with one attached hydrogen (secondary N) is 1. The first kappa shape index (κ1) is 12.7. The molecule has 2 rings (SSSR count). The monoisotopic (exact) mass is 245 g/mol. The van der Waals surface area contributed by atoms with Gasteiger partial charge in [-0.05, 0) is 31.0 Å². The number of hydrogen-bond acceptors (Lipinski definition) is 4. The third kappa shape index (κ3) is 3.65. The van der Waals surface area contributed by atoms with Gasteiger partial charge in [0.2, 0.25) is 0 Å². The number of aromatic nitrogens is 3. The zero-order chi connectivity index (χ0) is 12.8. The second-order valence-corrected chi connectivity index (χ2v) is 4.41. The average Bonchev–Trinajstić information content (AvgIpc) is 2.81. The van der Waals surface area contributed by atoms with E-state index >= 15 is 0 Å². The summed E-state index contributed by atoms with van der Waals surface area (Å²) in [6, 6.07) is 8.21. The fraction of sp³-hybridized carbons (Fsp3) is 0.385. The van der Waals surface area contributed by atoms with Crippen molar-refractivity contribution in [2.75, 3.05) is 0 Å². The van der Waals surface area contributed by atoms with Gasteiger partial charge in [0.05, 0.1) is 5.69 Å². The van der Waals surface area contributed by atoms with Crippen molar-refractivity contribution in [1.29, 1.82) is 0 Å². The Morgan fingerprint density at radius 3 is 2.83 bits per heavy atom. The molecule has 0 fully saturated rings. The number of hydrazine groups is 1. The van der Waals surface area contributed by atoms with Crippen molar-refractivity contribution in [3.63, 3.8) is 0 Å². The molecule has 0 bridgehead atoms. The van der Waals surface area contributed by atoms with Crippen molar-refractivity contribution in [2.45, 2.75) is 25.3 Å². The third-order valence-corrected chi connectivity index (χ3v) is 2.94. The summed E-state index contributed by atoms with van der Waals surface area (Å²) in [6.45, 7) is 0. The summed E-state index contributed by atoms with van der Waals surface area (Å²) in [5.41, 5.74) is 5.01. The molecule has 1 unspecified atom stereocenters. The van der Waals surface area contributed by atoms with E-state index in [0.29, 0.717) is 0 Å². The minimum atomic E-state index is 0.224. The first-order valence-electron chi connectivity index (χ1n) is 6.12. The Kier molecular flexibility index (Phi) is 4.44. The number of pyridine rings is 1. The molecule has 18 heavy (non-hydrogen) atoms. The smallest absolute Gasteiger partial charge is 0.0640 e. The molecule has 0 aliphatic rings. The molecule has 5 heteroatoms. The molecule has 1 atom stereocenters. The zero-order valence-corrected chi connectivity index (χ0v) is 10.6. The largest absolute Gasteiger partial charge is 0.276 e. The molecule has 0 spiro atoms. The molecule has 3 N–H and O–H groups in total. The van der Waals surface area contributed by atoms with E-state index in [1.807, 2.05) is 48.4 Å². The Morgan fingerprint density at radius 1 is 1.33 bits per heavy atom. The van der Waals surface area contributed by atoms with E-state index in [1.54, 1.807) is 0 Å². The topological polar surface area (TPSA) is 68.8 Å². The Hall–Kier alpha value is -1.72. The van der Waals surface area contributed by atoms with E-state index in [0.717, 1.165) is 30.7 Å². The van der Waals surface area contributed by atoms with Crippen LogP contribution in [0.3, 0.4) is 0 Å². The van der Waals surface area contributed by atoms with Crippen molar-refractivity contribution in [3.8, 4) is 0 Å². The van der Waals surface area contributed by atoms with Gasteiger partial charge in [0.1, 0.15) is 0 Å². The predicted molar refractivity (Wildman–Crippen MR) is 70.6 cm³/mol. The molecule has 0 radical (unpaired) electrons. The SMILES string of the molecule is Cn1ccc(CC(CCc2ccccn2)NN)n1. The summed E-state index contributed by atoms with van der Waals surface area (Å²) in [5.74, 6) is 5.59. The summed E-state index contributed by atoms with van der Waals surface area (Å²) in [5, 5.41) is 4.36. The van der Waals surface area contributed by atoms with Crippen molar-refractivity contribution >= 4 is 0 Å². The molecule has 5 nitrogen and oxygen atoms in total. The second kappa shape index (κ2) is 6.28. The lowest BCUT2D eigenvalue weighted by atomic mass is 10.0. The normalized spacial score (nSPS) is 12.6. The number of nitrogens with zero attached hydrogens (tertiary/aromatic N) is 3. The van der Waals surface area contributed by atoms with Gasteiger partial charge in [0.15, 0.2) is 0 Å². The van der Waals surface area contributed by atoms with Crippen molar-refractivity contribution in [2.24, 2.45) is 12.9 Å². The first-order chi connectivity index (χ1) is 8.78. The van der Waals surface area contributed by atoms with Crippen LogP contribution in [0.2, 0.25) is 0 Å². The maximum Gasteiger partial charge on any atom is 0.0640 e. The lowest BCUT2D eigenvalue weighted by Gasteiger charge is -2.14. The highest BCUT2D eigenvalue weighted by molar-refractivity contribution is 5.05. The van der Waals surface area contributed by atoms with Gasteiger partial charge in [-0.2, -0.15) is 5.10 Å². The van der Waals surface area contributed by atoms with Crippen LogP contribution in [0.1, 0.15) is 17.8 Å². The van der Waals surface area contributed by atoms with Crippen LogP contribution in [0.5, 0.6) is 0 Å². The van der Waals surface area contributed by atoms with Gasteiger partial charge < -0.3 is 0 Å². The van der Waals surface area contributed by atoms with Gasteiger partial charge in [0.25, 0.3) is 0 Å². The molecule has 0 aliphatic heterocycles. The van der Waals surface area contributed by atoms with E-state index in [-0.39, 0.29) is 6.04 Å². The molecule has 0 saturated heterocycles. The van der Waals surface area contributed by atoms with Crippen LogP contribution in [0.15, 0.2) is 36.7 Å². The molecular formula is C13H19N5. The molecule has 2 aromatic heterocycles. The van der Waals surface area contributed by atoms with Crippen molar-refractivity contribution in [3.05, 3.63) is 48.0 Å². The van der Waals surface area contributed by atoms with Gasteiger partial charge in [-0.3, -0.25) is 20.9 Å². The van der Waals surface area contributed by atoms with Crippen molar-refractivity contribution < 1.29 is 0 Å². The summed E-state index contributed by atoms with van der Waals surface area (Å²) in [6.07, 6.45) is 6.47. The van der Waals surface area contributed by atoms with Gasteiger partial charge in [-0.1, -0.05) is 6.07 Å². The van der Waals surface area contributed by atoms with Gasteiger partial charge in [-0.15, -0.1) is 0 Å². The number of hydrogen-bond donors (Lipinski definition) is 2. The number of rotatable bonds is 6. The highest BCUT2D eigenvalue weighted by Gasteiger charge is 2.10. The molecule has 2 heterocycles. The van der Waals surface area contributed by atoms with E-state index in [4.69, 9.17) is 5.84 Å². The van der Waals surface area contributed by atoms with E-state index < -0.39 is 0 Å². The van der Waals surface area contributed by atoms with Crippen LogP contribution in [-0.4, -0.2) is 20.8 Å². The number of nitrogens with two attached hydrogens (primary N) is 1. The number of aryl methyl sites for hydroxylation is 2. The maximum absolute atomic E-state index is 5.59. The van der Waals surface area contributed by atoms with Crippen LogP contribution in [0.4, 0.5) is 0 Å². The predicted octanol–water partition coefficient (Wildman–Crippen LogP) is 0.822. The minimum absolute atomic E-state index is 0.224. The summed E-state index contributed by atoms with van der Waals surface area (Å²) in [7, 11) is 1.92. The van der Waals surface area contributed by atoms with Crippen LogP contribution >= 0.6 is 0 Å². The van der Waals surface area contributed by atoms with Crippen LogP contribution in [0.25, 0.3) is 0 Å². The van der Waals surface area contributed by atoms with Crippen molar-refractivity contribution in [1.82, 2.24) is 20.2 Å². The van der Waals surface area contributed by atoms with E-state index in [9.17, 15) is 0 Å². The van der Waals surface area contributed by atoms with Crippen LogP contribution in [0, 0.1) is 0 Å². The molecular weight excluding hydrogens is 226 g/mol. The first-order valence-corrected chi connectivity index (χ1v) is 6.12. The summed E-state index contributed by atoms with van der Waals surface area (Å²) in [4.78, 5) is 4.31. The quantitative estimate of drug-likeness (QED) is 0.584. The molecule has 2 aromatic rings. The lowest BCUT2D eigenvalue weighted by Crippen LogP contribution is -2.37. The van der Waals surface area contributed by atoms with Gasteiger partial charge in [-0.25, -0.2) is 0 Å². The summed E-state index contributed by atoms with van der Waals surface area (Å²) < 4.78 is 1.81. The minimum Gasteiger partial charge on any atom is -0.276 e.